The lowest BCUT2D eigenvalue weighted by Gasteiger charge is -2.49. The lowest BCUT2D eigenvalue weighted by Crippen LogP contribution is -2.61. The van der Waals surface area contributed by atoms with Gasteiger partial charge in [0.15, 0.2) is 0 Å². The first-order valence-corrected chi connectivity index (χ1v) is 25.6. The minimum Gasteiger partial charge on any atom is -0.468 e. The molecule has 3 heterocycles. The number of hydrogen-bond acceptors (Lipinski definition) is 4. The van der Waals surface area contributed by atoms with Crippen LogP contribution in [0.2, 0.25) is 0 Å². The molecule has 0 saturated heterocycles. The van der Waals surface area contributed by atoms with Gasteiger partial charge in [-0.3, -0.25) is 0 Å². The second-order valence-electron chi connectivity index (χ2n) is 25.9. The Balaban J connectivity index is 1.34. The van der Waals surface area contributed by atoms with Crippen LogP contribution in [0.4, 0.5) is 34.1 Å². The predicted molar refractivity (Wildman–Crippen MR) is 293 cm³/mol. The van der Waals surface area contributed by atoms with Crippen LogP contribution >= 0.6 is 0 Å². The van der Waals surface area contributed by atoms with E-state index in [9.17, 15) is 5.26 Å². The first kappa shape index (κ1) is 45.5. The third-order valence-electron chi connectivity index (χ3n) is 17.2. The smallest absolute Gasteiger partial charge is 0.297 e. The Kier molecular flexibility index (Phi) is 9.73. The van der Waals surface area contributed by atoms with E-state index in [0.717, 1.165) is 70.7 Å². The average Bonchev–Trinajstić information content (AvgIpc) is 3.67. The lowest BCUT2D eigenvalue weighted by molar-refractivity contribution is 0.332. The van der Waals surface area contributed by atoms with Crippen molar-refractivity contribution in [3.05, 3.63) is 148 Å². The highest BCUT2D eigenvalue weighted by Gasteiger charge is 2.51. The van der Waals surface area contributed by atoms with Crippen molar-refractivity contribution in [2.24, 2.45) is 0 Å². The van der Waals surface area contributed by atoms with Crippen LogP contribution in [-0.2, 0) is 32.5 Å². The van der Waals surface area contributed by atoms with E-state index in [1.807, 2.05) is 0 Å². The van der Waals surface area contributed by atoms with Crippen LogP contribution in [0.5, 0.6) is 0 Å². The summed E-state index contributed by atoms with van der Waals surface area (Å²) in [6.45, 7) is 35.3. The molecule has 0 radical (unpaired) electrons. The van der Waals surface area contributed by atoms with Gasteiger partial charge in [-0.25, -0.2) is 0 Å². The quantitative estimate of drug-likeness (QED) is 0.166. The highest BCUT2D eigenvalue weighted by atomic mass is 16.3. The Morgan fingerprint density at radius 3 is 1.74 bits per heavy atom. The summed E-state index contributed by atoms with van der Waals surface area (Å²) < 4.78 is 7.46. The first-order valence-electron chi connectivity index (χ1n) is 25.6. The third-order valence-corrected chi connectivity index (χ3v) is 17.2. The maximum atomic E-state index is 11.3. The number of anilines is 6. The monoisotopic (exact) mass is 908 g/mol. The van der Waals surface area contributed by atoms with Gasteiger partial charge in [-0.15, -0.1) is 0 Å². The maximum absolute atomic E-state index is 11.3. The maximum Gasteiger partial charge on any atom is 0.297 e. The van der Waals surface area contributed by atoms with Crippen LogP contribution in [0, 0.1) is 18.3 Å². The molecule has 11 rings (SSSR count). The van der Waals surface area contributed by atoms with Gasteiger partial charge in [0, 0.05) is 33.7 Å². The summed E-state index contributed by atoms with van der Waals surface area (Å²) >= 11 is 0. The van der Waals surface area contributed by atoms with Crippen molar-refractivity contribution in [2.45, 2.75) is 162 Å². The van der Waals surface area contributed by atoms with Crippen molar-refractivity contribution in [3.8, 4) is 17.2 Å². The fourth-order valence-corrected chi connectivity index (χ4v) is 12.7. The fourth-order valence-electron chi connectivity index (χ4n) is 12.7. The summed E-state index contributed by atoms with van der Waals surface area (Å²) in [5.41, 5.74) is 23.1. The Morgan fingerprint density at radius 2 is 1.13 bits per heavy atom. The van der Waals surface area contributed by atoms with Crippen LogP contribution in [0.15, 0.2) is 108 Å². The zero-order valence-corrected chi connectivity index (χ0v) is 44.0. The van der Waals surface area contributed by atoms with Gasteiger partial charge in [0.05, 0.1) is 28.7 Å². The number of rotatable bonds is 3. The second kappa shape index (κ2) is 14.8. The van der Waals surface area contributed by atoms with Gasteiger partial charge >= 0.3 is 0 Å². The molecule has 0 unspecified atom stereocenters. The van der Waals surface area contributed by atoms with E-state index < -0.39 is 0 Å². The molecular formula is C64H70BN3O. The van der Waals surface area contributed by atoms with Crippen molar-refractivity contribution < 1.29 is 4.42 Å². The molecule has 0 spiro atoms. The summed E-state index contributed by atoms with van der Waals surface area (Å²) in [5, 5.41) is 12.4. The number of hydrogen-bond donors (Lipinski definition) is 0. The number of furan rings is 1. The zero-order chi connectivity index (χ0) is 49.1. The summed E-state index contributed by atoms with van der Waals surface area (Å²) in [6, 6.07) is 42.0. The predicted octanol–water partition coefficient (Wildman–Crippen LogP) is 15.7. The fraction of sp³-hybridized carbons (Fsp3) is 0.391. The summed E-state index contributed by atoms with van der Waals surface area (Å²) in [7, 11) is 0. The van der Waals surface area contributed by atoms with E-state index in [0.29, 0.717) is 5.56 Å². The minimum absolute atomic E-state index is 0.00827. The summed E-state index contributed by atoms with van der Waals surface area (Å²) in [5.74, 6) is 0. The molecule has 0 atom stereocenters. The first-order chi connectivity index (χ1) is 32.3. The van der Waals surface area contributed by atoms with Crippen molar-refractivity contribution in [1.29, 1.82) is 5.26 Å². The van der Waals surface area contributed by atoms with Crippen molar-refractivity contribution >= 4 is 68.4 Å². The molecule has 0 bridgehead atoms. The molecule has 0 fully saturated rings. The molecule has 4 aliphatic rings. The van der Waals surface area contributed by atoms with Crippen LogP contribution in [0.3, 0.4) is 0 Å². The van der Waals surface area contributed by atoms with Crippen LogP contribution in [0.25, 0.3) is 22.1 Å². The number of benzene rings is 6. The molecule has 5 heteroatoms. The Hall–Kier alpha value is -5.99. The van der Waals surface area contributed by atoms with Gasteiger partial charge in [0.2, 0.25) is 0 Å². The van der Waals surface area contributed by atoms with Gasteiger partial charge in [0.1, 0.15) is 5.58 Å². The summed E-state index contributed by atoms with van der Waals surface area (Å²) in [6.07, 6.45) is 4.42. The van der Waals surface area contributed by atoms with E-state index in [4.69, 9.17) is 4.42 Å². The van der Waals surface area contributed by atoms with Gasteiger partial charge in [-0.05, 0) is 163 Å². The van der Waals surface area contributed by atoms with Crippen molar-refractivity contribution in [2.75, 3.05) is 9.80 Å². The molecular weight excluding hydrogens is 838 g/mol. The van der Waals surface area contributed by atoms with E-state index in [1.165, 1.54) is 66.7 Å². The standard InChI is InChI=1S/C64H70BN3O/c1-38-31-41(59(2,3)4)21-25-49(38)67-51-32-39(37-66)33-52-55(51)65(58-56(67)44-34-42(60(5,6)7)22-26-53(44)69-58)48-24-23-45-54(64(14,15)30-29-61(45,8)9)57(48)68(52)50-36-47-46(62(10,11)27-28-63(47,12)13)35-43(50)40-19-17-16-18-20-40/h16-26,31-36H,27-30H2,1-15H3. The highest BCUT2D eigenvalue weighted by molar-refractivity contribution is 7.00. The molecule has 1 aromatic heterocycles. The van der Waals surface area contributed by atoms with Crippen molar-refractivity contribution in [3.63, 3.8) is 0 Å². The van der Waals surface area contributed by atoms with Crippen LogP contribution in [-0.4, -0.2) is 6.71 Å². The number of nitriles is 1. The van der Waals surface area contributed by atoms with Crippen LogP contribution in [0.1, 0.15) is 167 Å². The Labute approximate surface area is 412 Å². The minimum atomic E-state index is -0.237. The van der Waals surface area contributed by atoms with E-state index >= 15 is 0 Å². The second-order valence-corrected chi connectivity index (χ2v) is 25.9. The highest BCUT2D eigenvalue weighted by Crippen LogP contribution is 2.57. The van der Waals surface area contributed by atoms with Gasteiger partial charge in [0.25, 0.3) is 6.71 Å². The van der Waals surface area contributed by atoms with Crippen LogP contribution < -0.4 is 26.4 Å². The zero-order valence-electron chi connectivity index (χ0n) is 44.0. The molecule has 0 amide bonds. The van der Waals surface area contributed by atoms with E-state index in [2.05, 4.69) is 223 Å². The van der Waals surface area contributed by atoms with Gasteiger partial charge in [-0.1, -0.05) is 158 Å². The Bertz CT molecular complexity index is 3340. The number of aryl methyl sites for hydroxylation is 1. The molecule has 0 N–H and O–H groups in total. The van der Waals surface area contributed by atoms with Crippen molar-refractivity contribution in [1.82, 2.24) is 0 Å². The molecule has 0 saturated carbocycles. The van der Waals surface area contributed by atoms with E-state index in [-0.39, 0.29) is 39.2 Å². The molecule has 4 nitrogen and oxygen atoms in total. The molecule has 69 heavy (non-hydrogen) atoms. The Morgan fingerprint density at radius 1 is 0.565 bits per heavy atom. The topological polar surface area (TPSA) is 43.4 Å². The number of nitrogens with zero attached hydrogens (tertiary/aromatic N) is 3. The molecule has 7 aromatic rings. The van der Waals surface area contributed by atoms with E-state index in [1.54, 1.807) is 0 Å². The average molecular weight is 908 g/mol. The summed E-state index contributed by atoms with van der Waals surface area (Å²) in [4.78, 5) is 5.11. The largest absolute Gasteiger partial charge is 0.468 e. The molecule has 6 aromatic carbocycles. The molecule has 2 aliphatic carbocycles. The molecule has 350 valence electrons. The van der Waals surface area contributed by atoms with Gasteiger partial charge in [-0.2, -0.15) is 5.26 Å². The number of fused-ring (bicyclic) bond motifs is 9. The SMILES string of the molecule is Cc1cc(C(C)(C)C)ccc1N1c2cc(C#N)cc3c2B(c2ccc4c(c2N3c2cc3c(cc2-c2ccccc2)C(C)(C)CCC3(C)C)C(C)(C)CCC4(C)C)c2oc3ccc(C(C)(C)C)cc3c21. The lowest BCUT2D eigenvalue weighted by atomic mass is 9.35. The van der Waals surface area contributed by atoms with Gasteiger partial charge < -0.3 is 14.2 Å². The molecule has 2 aliphatic heterocycles. The third kappa shape index (κ3) is 6.82. The normalized spacial score (nSPS) is 18.2.